The molecule has 4 aromatic rings. The van der Waals surface area contributed by atoms with Gasteiger partial charge in [-0.2, -0.15) is 0 Å². The molecule has 1 aliphatic rings. The summed E-state index contributed by atoms with van der Waals surface area (Å²) in [5.74, 6) is 0.0491. The number of benzene rings is 3. The predicted molar refractivity (Wildman–Crippen MR) is 182 cm³/mol. The summed E-state index contributed by atoms with van der Waals surface area (Å²) < 4.78 is 17.7. The number of nitrogens with zero attached hydrogens (tertiary/aromatic N) is 3. The molecule has 0 spiro atoms. The number of rotatable bonds is 13. The molecule has 1 saturated heterocycles. The van der Waals surface area contributed by atoms with Gasteiger partial charge in [0.15, 0.2) is 15.8 Å². The van der Waals surface area contributed by atoms with E-state index in [4.69, 9.17) is 37.4 Å². The highest BCUT2D eigenvalue weighted by Gasteiger charge is 2.48. The van der Waals surface area contributed by atoms with Gasteiger partial charge >= 0.3 is 5.91 Å². The highest BCUT2D eigenvalue weighted by molar-refractivity contribution is 8.00. The number of carbonyl (C=O) groups excluding carboxylic acids is 2. The summed E-state index contributed by atoms with van der Waals surface area (Å²) in [6.07, 6.45) is 1.84. The molecule has 1 N–H and O–H groups in total. The number of aromatic nitrogens is 2. The summed E-state index contributed by atoms with van der Waals surface area (Å²) in [6, 6.07) is 16.0. The molecule has 1 fully saturated rings. The minimum absolute atomic E-state index is 0.0883. The lowest BCUT2D eigenvalue weighted by Crippen LogP contribution is -2.29. The van der Waals surface area contributed by atoms with Gasteiger partial charge in [-0.05, 0) is 73.0 Å². The second kappa shape index (κ2) is 15.2. The number of halogens is 2. The van der Waals surface area contributed by atoms with Crippen molar-refractivity contribution in [2.24, 2.45) is 0 Å². The molecule has 13 heteroatoms. The molecule has 0 saturated carbocycles. The maximum atomic E-state index is 13.7. The molecule has 0 bridgehead atoms. The third-order valence-corrected chi connectivity index (χ3v) is 9.81. The van der Waals surface area contributed by atoms with Gasteiger partial charge in [-0.15, -0.1) is 10.2 Å². The topological polar surface area (TPSA) is 111 Å². The fourth-order valence-electron chi connectivity index (χ4n) is 4.79. The molecule has 46 heavy (non-hydrogen) atoms. The van der Waals surface area contributed by atoms with Crippen LogP contribution in [0.2, 0.25) is 10.0 Å². The van der Waals surface area contributed by atoms with Crippen LogP contribution in [0.15, 0.2) is 70.6 Å². The van der Waals surface area contributed by atoms with Crippen molar-refractivity contribution in [3.63, 3.8) is 0 Å². The highest BCUT2D eigenvalue weighted by atomic mass is 35.5. The molecule has 5 rings (SSSR count). The van der Waals surface area contributed by atoms with E-state index in [9.17, 15) is 14.7 Å². The number of anilines is 1. The zero-order valence-electron chi connectivity index (χ0n) is 25.3. The summed E-state index contributed by atoms with van der Waals surface area (Å²) in [6.45, 7) is 4.81. The molecule has 1 aromatic heterocycles. The molecule has 0 aliphatic carbocycles. The Bertz CT molecular complexity index is 1760. The first-order valence-electron chi connectivity index (χ1n) is 14.5. The smallest absolute Gasteiger partial charge is 0.301 e. The highest BCUT2D eigenvalue weighted by Crippen LogP contribution is 2.46. The van der Waals surface area contributed by atoms with Crippen LogP contribution in [-0.2, 0) is 15.3 Å². The second-order valence-corrected chi connectivity index (χ2v) is 13.1. The Labute approximate surface area is 285 Å². The first kappa shape index (κ1) is 33.6. The normalized spacial score (nSPS) is 15.8. The number of Topliss-reactive ketones (excluding diaryl/α,β-unsaturated/α-hetero) is 1. The van der Waals surface area contributed by atoms with E-state index < -0.39 is 17.7 Å². The van der Waals surface area contributed by atoms with Gasteiger partial charge in [0.25, 0.3) is 5.78 Å². The van der Waals surface area contributed by atoms with Crippen LogP contribution in [0.25, 0.3) is 5.76 Å². The Morgan fingerprint density at radius 2 is 1.78 bits per heavy atom. The first-order chi connectivity index (χ1) is 22.2. The number of thioether (sulfide) groups is 1. The van der Waals surface area contributed by atoms with Gasteiger partial charge in [-0.3, -0.25) is 14.5 Å². The molecule has 1 amide bonds. The van der Waals surface area contributed by atoms with E-state index in [1.54, 1.807) is 54.6 Å². The van der Waals surface area contributed by atoms with Crippen LogP contribution in [0.3, 0.4) is 0 Å². The molecule has 9 nitrogen and oxygen atoms in total. The zero-order valence-corrected chi connectivity index (χ0v) is 28.4. The number of carbonyl (C=O) groups is 2. The van der Waals surface area contributed by atoms with Crippen molar-refractivity contribution in [3.8, 4) is 17.2 Å². The van der Waals surface area contributed by atoms with Gasteiger partial charge in [0.05, 0.1) is 31.9 Å². The van der Waals surface area contributed by atoms with Gasteiger partial charge in [0.2, 0.25) is 5.13 Å². The Kier molecular flexibility index (Phi) is 11.1. The van der Waals surface area contributed by atoms with E-state index in [1.165, 1.54) is 23.8 Å². The Morgan fingerprint density at radius 3 is 2.48 bits per heavy atom. The number of methoxy groups -OCH3 is 1. The van der Waals surface area contributed by atoms with Crippen LogP contribution in [0.4, 0.5) is 5.13 Å². The fraction of sp³-hybridized carbons (Fsp3) is 0.273. The van der Waals surface area contributed by atoms with Crippen molar-refractivity contribution in [3.05, 3.63) is 93.0 Å². The number of ether oxygens (including phenoxy) is 3. The molecule has 1 aliphatic heterocycles. The average molecular weight is 701 g/mol. The van der Waals surface area contributed by atoms with Crippen molar-refractivity contribution in [2.45, 2.75) is 42.8 Å². The van der Waals surface area contributed by atoms with Crippen LogP contribution in [-0.4, -0.2) is 47.3 Å². The van der Waals surface area contributed by atoms with Crippen molar-refractivity contribution < 1.29 is 28.9 Å². The Morgan fingerprint density at radius 1 is 1.00 bits per heavy atom. The summed E-state index contributed by atoms with van der Waals surface area (Å²) in [4.78, 5) is 28.7. The van der Waals surface area contributed by atoms with E-state index >= 15 is 0 Å². The number of hydrogen-bond acceptors (Lipinski definition) is 10. The molecule has 2 heterocycles. The standard InChI is InChI=1S/C33H31Cl2N3O6S2/c1-4-6-15-44-25-14-10-20(16-26(25)43-5-2)28-27(29(39)19-8-12-23(42-3)13-9-19)30(40)31(41)38(28)32-36-37-33(46-32)45-18-21-7-11-22(34)17-24(21)35/h7-14,16-17,28,39H,4-6,15,18H2,1-3H3. The Balaban J connectivity index is 1.56. The quantitative estimate of drug-likeness (QED) is 0.0367. The molecular weight excluding hydrogens is 669 g/mol. The van der Waals surface area contributed by atoms with Crippen LogP contribution in [0.5, 0.6) is 17.2 Å². The molecule has 0 radical (unpaired) electrons. The van der Waals surface area contributed by atoms with Crippen LogP contribution in [0.1, 0.15) is 49.4 Å². The number of hydrogen-bond donors (Lipinski definition) is 1. The van der Waals surface area contributed by atoms with Gasteiger partial charge < -0.3 is 19.3 Å². The number of aliphatic hydroxyl groups is 1. The predicted octanol–water partition coefficient (Wildman–Crippen LogP) is 8.35. The molecule has 3 aromatic carbocycles. The SMILES string of the molecule is CCCCOc1ccc(C2C(=C(O)c3ccc(OC)cc3)C(=O)C(=O)N2c2nnc(SCc3ccc(Cl)cc3Cl)s2)cc1OCC. The van der Waals surface area contributed by atoms with Crippen molar-refractivity contribution >= 4 is 68.9 Å². The maximum absolute atomic E-state index is 13.7. The molecule has 1 atom stereocenters. The molecule has 240 valence electrons. The summed E-state index contributed by atoms with van der Waals surface area (Å²) in [5, 5.41) is 21.4. The minimum atomic E-state index is -1.03. The average Bonchev–Trinajstić information content (AvgIpc) is 3.62. The number of unbranched alkanes of at least 4 members (excludes halogenated alkanes) is 1. The lowest BCUT2D eigenvalue weighted by molar-refractivity contribution is -0.132. The monoisotopic (exact) mass is 699 g/mol. The fourth-order valence-corrected chi connectivity index (χ4v) is 7.22. The van der Waals surface area contributed by atoms with E-state index in [2.05, 4.69) is 17.1 Å². The van der Waals surface area contributed by atoms with Gasteiger partial charge in [0.1, 0.15) is 11.5 Å². The summed E-state index contributed by atoms with van der Waals surface area (Å²) in [7, 11) is 1.53. The van der Waals surface area contributed by atoms with E-state index in [-0.39, 0.29) is 16.5 Å². The van der Waals surface area contributed by atoms with Crippen molar-refractivity contribution in [2.75, 3.05) is 25.2 Å². The van der Waals surface area contributed by atoms with E-state index in [1.807, 2.05) is 13.0 Å². The van der Waals surface area contributed by atoms with Gasteiger partial charge in [-0.25, -0.2) is 0 Å². The molecular formula is C33H31Cl2N3O6S2. The van der Waals surface area contributed by atoms with Crippen LogP contribution >= 0.6 is 46.3 Å². The van der Waals surface area contributed by atoms with Crippen LogP contribution in [0, 0.1) is 0 Å². The maximum Gasteiger partial charge on any atom is 0.301 e. The summed E-state index contributed by atoms with van der Waals surface area (Å²) >= 11 is 14.9. The van der Waals surface area contributed by atoms with Crippen molar-refractivity contribution in [1.82, 2.24) is 10.2 Å². The summed E-state index contributed by atoms with van der Waals surface area (Å²) in [5.41, 5.74) is 1.65. The van der Waals surface area contributed by atoms with Crippen molar-refractivity contribution in [1.29, 1.82) is 0 Å². The zero-order chi connectivity index (χ0) is 32.8. The number of aliphatic hydroxyl groups excluding tert-OH is 1. The first-order valence-corrected chi connectivity index (χ1v) is 17.1. The van der Waals surface area contributed by atoms with E-state index in [0.29, 0.717) is 61.7 Å². The van der Waals surface area contributed by atoms with E-state index in [0.717, 1.165) is 29.7 Å². The third-order valence-electron chi connectivity index (χ3n) is 7.11. The largest absolute Gasteiger partial charge is 0.507 e. The van der Waals surface area contributed by atoms with Crippen LogP contribution < -0.4 is 19.1 Å². The second-order valence-electron chi connectivity index (χ2n) is 10.1. The lowest BCUT2D eigenvalue weighted by Gasteiger charge is -2.23. The van der Waals surface area contributed by atoms with Gasteiger partial charge in [-0.1, -0.05) is 71.8 Å². The minimum Gasteiger partial charge on any atom is -0.507 e. The third kappa shape index (κ3) is 7.28. The number of ketones is 1. The van der Waals surface area contributed by atoms with Gasteiger partial charge in [0, 0.05) is 21.4 Å². The number of amides is 1. The molecule has 1 unspecified atom stereocenters. The Hall–Kier alpha value is -3.77. The lowest BCUT2D eigenvalue weighted by atomic mass is 9.95.